The van der Waals surface area contributed by atoms with E-state index >= 15 is 0 Å². The van der Waals surface area contributed by atoms with Crippen LogP contribution in [0, 0.1) is 0 Å². The Hall–Kier alpha value is -2.03. The fraction of sp³-hybridized carbons (Fsp3) is 0.435. The number of carbonyl (C=O) groups excluding carboxylic acids is 1. The molecule has 0 unspecified atom stereocenters. The van der Waals surface area contributed by atoms with Crippen LogP contribution in [0.15, 0.2) is 60.7 Å². The lowest BCUT2D eigenvalue weighted by molar-refractivity contribution is -0.143. The van der Waals surface area contributed by atoms with Crippen molar-refractivity contribution in [2.45, 2.75) is 56.6 Å². The Labute approximate surface area is 178 Å². The number of hydrogen-bond donors (Lipinski definition) is 2. The molecule has 0 amide bonds. The van der Waals surface area contributed by atoms with E-state index in [1.807, 2.05) is 36.4 Å². The van der Waals surface area contributed by atoms with E-state index in [2.05, 4.69) is 50.5 Å². The fourth-order valence-electron chi connectivity index (χ4n) is 4.58. The van der Waals surface area contributed by atoms with Crippen LogP contribution in [-0.4, -0.2) is 50.4 Å². The molecule has 0 radical (unpaired) electrons. The van der Waals surface area contributed by atoms with Crippen molar-refractivity contribution < 1.29 is 23.9 Å². The van der Waals surface area contributed by atoms with E-state index in [4.69, 9.17) is 14.0 Å². The lowest BCUT2D eigenvalue weighted by atomic mass is 10.0. The van der Waals surface area contributed by atoms with Gasteiger partial charge in [0.1, 0.15) is 6.10 Å². The largest absolute Gasteiger partial charge is 0.458 e. The van der Waals surface area contributed by atoms with Crippen LogP contribution in [0.4, 0.5) is 0 Å². The number of hydrogen-bond acceptors (Lipinski definition) is 6. The van der Waals surface area contributed by atoms with Crippen LogP contribution in [-0.2, 0) is 18.8 Å². The van der Waals surface area contributed by atoms with Gasteiger partial charge in [0.05, 0.1) is 25.2 Å². The van der Waals surface area contributed by atoms with Gasteiger partial charge in [0.2, 0.25) is 0 Å². The zero-order valence-corrected chi connectivity index (χ0v) is 18.6. The first-order valence-electron chi connectivity index (χ1n) is 10.4. The van der Waals surface area contributed by atoms with Gasteiger partial charge >= 0.3 is 5.97 Å². The number of esters is 1. The van der Waals surface area contributed by atoms with Gasteiger partial charge in [-0.3, -0.25) is 9.63 Å². The first-order chi connectivity index (χ1) is 14.3. The minimum absolute atomic E-state index is 0.106. The molecule has 160 valence electrons. The number of fused-ring (bicyclic) bond motifs is 1. The van der Waals surface area contributed by atoms with E-state index in [0.717, 1.165) is 10.4 Å². The number of nitrogens with one attached hydrogen (secondary N) is 1. The Morgan fingerprint density at radius 3 is 2.20 bits per heavy atom. The van der Waals surface area contributed by atoms with Crippen LogP contribution in [0.1, 0.15) is 27.2 Å². The van der Waals surface area contributed by atoms with E-state index in [9.17, 15) is 9.90 Å². The molecular weight excluding hydrogens is 398 g/mol. The number of aliphatic hydroxyl groups is 1. The molecule has 2 fully saturated rings. The van der Waals surface area contributed by atoms with Crippen molar-refractivity contribution in [1.82, 2.24) is 5.48 Å². The average molecular weight is 428 g/mol. The van der Waals surface area contributed by atoms with E-state index in [-0.39, 0.29) is 30.1 Å². The Morgan fingerprint density at radius 2 is 1.67 bits per heavy atom. The van der Waals surface area contributed by atoms with Gasteiger partial charge in [-0.25, -0.2) is 0 Å². The van der Waals surface area contributed by atoms with Crippen molar-refractivity contribution >= 4 is 24.7 Å². The third-order valence-corrected chi connectivity index (χ3v) is 11.0. The van der Waals surface area contributed by atoms with E-state index in [0.29, 0.717) is 0 Å². The highest BCUT2D eigenvalue weighted by Gasteiger charge is 2.53. The lowest BCUT2D eigenvalue weighted by Gasteiger charge is -2.43. The summed E-state index contributed by atoms with van der Waals surface area (Å²) in [7, 11) is -2.75. The Bertz CT molecular complexity index is 831. The molecule has 0 spiro atoms. The molecule has 0 bridgehead atoms. The molecule has 4 rings (SSSR count). The van der Waals surface area contributed by atoms with Crippen molar-refractivity contribution in [2.75, 3.05) is 6.61 Å². The minimum Gasteiger partial charge on any atom is -0.458 e. The molecule has 2 aliphatic rings. The summed E-state index contributed by atoms with van der Waals surface area (Å²) < 4.78 is 12.1. The summed E-state index contributed by atoms with van der Waals surface area (Å²) in [5.74, 6) is -0.295. The smallest absolute Gasteiger partial charge is 0.309 e. The number of benzene rings is 2. The summed E-state index contributed by atoms with van der Waals surface area (Å²) >= 11 is 0. The Morgan fingerprint density at radius 1 is 1.10 bits per heavy atom. The molecule has 2 aliphatic heterocycles. The van der Waals surface area contributed by atoms with Crippen molar-refractivity contribution in [3.63, 3.8) is 0 Å². The van der Waals surface area contributed by atoms with Crippen molar-refractivity contribution in [3.8, 4) is 0 Å². The van der Waals surface area contributed by atoms with Crippen molar-refractivity contribution in [3.05, 3.63) is 60.7 Å². The monoisotopic (exact) mass is 427 g/mol. The summed E-state index contributed by atoms with van der Waals surface area (Å²) in [5.41, 5.74) is 2.84. The zero-order chi connectivity index (χ0) is 21.4. The molecule has 2 saturated heterocycles. The topological polar surface area (TPSA) is 77.0 Å². The molecule has 6 nitrogen and oxygen atoms in total. The molecule has 0 saturated carbocycles. The van der Waals surface area contributed by atoms with Gasteiger partial charge in [-0.05, 0) is 15.4 Å². The molecule has 2 aromatic carbocycles. The number of carbonyl (C=O) groups is 1. The van der Waals surface area contributed by atoms with E-state index in [1.54, 1.807) is 0 Å². The van der Waals surface area contributed by atoms with Crippen LogP contribution in [0.25, 0.3) is 0 Å². The Kier molecular flexibility index (Phi) is 5.83. The van der Waals surface area contributed by atoms with Gasteiger partial charge in [-0.2, -0.15) is 5.48 Å². The number of rotatable bonds is 6. The highest BCUT2D eigenvalue weighted by molar-refractivity contribution is 6.99. The lowest BCUT2D eigenvalue weighted by Crippen LogP contribution is -2.67. The van der Waals surface area contributed by atoms with Crippen LogP contribution >= 0.6 is 0 Å². The summed E-state index contributed by atoms with van der Waals surface area (Å²) in [6.07, 6.45) is -1.52. The van der Waals surface area contributed by atoms with Gasteiger partial charge in [0.25, 0.3) is 8.32 Å². The number of ether oxygens (including phenoxy) is 1. The predicted octanol–water partition coefficient (Wildman–Crippen LogP) is 1.51. The second-order valence-corrected chi connectivity index (χ2v) is 13.3. The number of aliphatic hydroxyl groups excluding tert-OH is 1. The Balaban J connectivity index is 1.65. The maximum absolute atomic E-state index is 11.6. The van der Waals surface area contributed by atoms with Gasteiger partial charge in [-0.15, -0.1) is 0 Å². The summed E-state index contributed by atoms with van der Waals surface area (Å²) in [4.78, 5) is 17.1. The second-order valence-electron chi connectivity index (χ2n) is 9.00. The SMILES string of the molecule is CC(C)(C)[Si](OC[C@@H](O)[C@H]1NO[C@@H]2CC(=O)O[C@H]12)(c1ccccc1)c1ccccc1. The molecular formula is C23H29NO5Si. The standard InChI is InChI=1S/C23H29NO5Si/c1-23(2,3)30(16-10-6-4-7-11-16,17-12-8-5-9-13-17)27-15-18(25)21-22-19(29-24-21)14-20(26)28-22/h4-13,18-19,21-22,24-25H,14-15H2,1-3H3/t18-,19-,21-,22+/m1/s1. The highest BCUT2D eigenvalue weighted by atomic mass is 28.4. The zero-order valence-electron chi connectivity index (χ0n) is 17.6. The van der Waals surface area contributed by atoms with Crippen LogP contribution in [0.3, 0.4) is 0 Å². The highest BCUT2D eigenvalue weighted by Crippen LogP contribution is 2.37. The molecule has 4 atom stereocenters. The van der Waals surface area contributed by atoms with Crippen LogP contribution < -0.4 is 15.9 Å². The normalized spacial score (nSPS) is 25.1. The molecule has 2 heterocycles. The first-order valence-corrected chi connectivity index (χ1v) is 12.3. The molecule has 30 heavy (non-hydrogen) atoms. The minimum atomic E-state index is -2.75. The molecule has 7 heteroatoms. The fourth-order valence-corrected chi connectivity index (χ4v) is 9.15. The van der Waals surface area contributed by atoms with E-state index < -0.39 is 26.6 Å². The van der Waals surface area contributed by atoms with Gasteiger partial charge in [0.15, 0.2) is 6.10 Å². The summed E-state index contributed by atoms with van der Waals surface area (Å²) in [5, 5.41) is 13.1. The summed E-state index contributed by atoms with van der Waals surface area (Å²) in [6.45, 7) is 6.68. The number of hydroxylamine groups is 1. The van der Waals surface area contributed by atoms with Crippen LogP contribution in [0.5, 0.6) is 0 Å². The third kappa shape index (κ3) is 3.72. The maximum atomic E-state index is 11.6. The van der Waals surface area contributed by atoms with Crippen LogP contribution in [0.2, 0.25) is 5.04 Å². The first kappa shape index (κ1) is 21.2. The third-order valence-electron chi connectivity index (χ3n) is 6.01. The summed E-state index contributed by atoms with van der Waals surface area (Å²) in [6, 6.07) is 20.1. The average Bonchev–Trinajstić information content (AvgIpc) is 3.28. The molecule has 2 aromatic rings. The maximum Gasteiger partial charge on any atom is 0.309 e. The molecule has 0 aliphatic carbocycles. The molecule has 2 N–H and O–H groups in total. The van der Waals surface area contributed by atoms with Crippen molar-refractivity contribution in [2.24, 2.45) is 0 Å². The van der Waals surface area contributed by atoms with E-state index in [1.165, 1.54) is 0 Å². The van der Waals surface area contributed by atoms with Gasteiger partial charge in [0, 0.05) is 0 Å². The molecule has 0 aromatic heterocycles. The van der Waals surface area contributed by atoms with Gasteiger partial charge < -0.3 is 14.3 Å². The van der Waals surface area contributed by atoms with Gasteiger partial charge in [-0.1, -0.05) is 81.4 Å². The second kappa shape index (κ2) is 8.24. The quantitative estimate of drug-likeness (QED) is 0.538. The predicted molar refractivity (Wildman–Crippen MR) is 116 cm³/mol. The van der Waals surface area contributed by atoms with Crippen molar-refractivity contribution in [1.29, 1.82) is 0 Å².